The summed E-state index contributed by atoms with van der Waals surface area (Å²) in [6.45, 7) is 6.90. The van der Waals surface area contributed by atoms with Crippen molar-refractivity contribution in [1.82, 2.24) is 5.32 Å². The molecule has 2 saturated heterocycles. The second-order valence-electron chi connectivity index (χ2n) is 9.73. The Morgan fingerprint density at radius 1 is 1.29 bits per heavy atom. The lowest BCUT2D eigenvalue weighted by Gasteiger charge is -2.42. The second kappa shape index (κ2) is 9.89. The maximum Gasteiger partial charge on any atom is 0.414 e. The van der Waals surface area contributed by atoms with Gasteiger partial charge in [-0.25, -0.2) is 4.79 Å². The second-order valence-corrected chi connectivity index (χ2v) is 10.8. The maximum absolute atomic E-state index is 12.5. The summed E-state index contributed by atoms with van der Waals surface area (Å²) in [5, 5.41) is 2.33. The highest BCUT2D eigenvalue weighted by Crippen LogP contribution is 2.59. The van der Waals surface area contributed by atoms with Gasteiger partial charge in [-0.05, 0) is 64.3 Å². The van der Waals surface area contributed by atoms with E-state index in [0.717, 1.165) is 17.7 Å². The molecule has 34 heavy (non-hydrogen) atoms. The number of nitrogens with one attached hydrogen (secondary N) is 1. The van der Waals surface area contributed by atoms with Gasteiger partial charge in [0.05, 0.1) is 24.4 Å². The Bertz CT molecular complexity index is 943. The number of carbonyl (C=O) groups excluding carboxylic acids is 2. The fourth-order valence-electron chi connectivity index (χ4n) is 5.10. The Kier molecular flexibility index (Phi) is 7.28. The molecule has 4 rings (SSSR count). The highest BCUT2D eigenvalue weighted by molar-refractivity contribution is 8.00. The van der Waals surface area contributed by atoms with Crippen LogP contribution in [0.25, 0.3) is 0 Å². The number of benzene rings is 1. The van der Waals surface area contributed by atoms with E-state index < -0.39 is 23.7 Å². The minimum atomic E-state index is -0.760. The highest BCUT2D eigenvalue weighted by Gasteiger charge is 2.72. The zero-order valence-electron chi connectivity index (χ0n) is 20.2. The van der Waals surface area contributed by atoms with Crippen LogP contribution in [0.3, 0.4) is 0 Å². The number of anilines is 1. The highest BCUT2D eigenvalue weighted by atomic mass is 32.2. The lowest BCUT2D eigenvalue weighted by molar-refractivity contribution is -0.124. The maximum atomic E-state index is 12.5. The molecule has 0 bridgehead atoms. The van der Waals surface area contributed by atoms with Crippen LogP contribution in [-0.4, -0.2) is 61.0 Å². The van der Waals surface area contributed by atoms with Gasteiger partial charge in [0, 0.05) is 17.7 Å². The van der Waals surface area contributed by atoms with E-state index in [1.54, 1.807) is 19.2 Å². The summed E-state index contributed by atoms with van der Waals surface area (Å²) in [5.74, 6) is -0.395. The Labute approximate surface area is 204 Å². The molecule has 1 aromatic carbocycles. The van der Waals surface area contributed by atoms with Crippen molar-refractivity contribution in [3.05, 3.63) is 35.9 Å². The van der Waals surface area contributed by atoms with Crippen molar-refractivity contribution in [3.63, 3.8) is 0 Å². The van der Waals surface area contributed by atoms with Crippen molar-refractivity contribution in [1.29, 1.82) is 0 Å². The van der Waals surface area contributed by atoms with Crippen LogP contribution in [0.1, 0.15) is 40.0 Å². The van der Waals surface area contributed by atoms with Crippen LogP contribution in [0.5, 0.6) is 0 Å². The summed E-state index contributed by atoms with van der Waals surface area (Å²) in [4.78, 5) is 25.7. The van der Waals surface area contributed by atoms with Gasteiger partial charge in [0.25, 0.3) is 0 Å². The standard InChI is InChI=1S/C25H34N2O6S/c1-15(2)5-10-19-24(3,33-19)22-21(30-4)18(11-12-25(22)14-31-25)32-23(29)27-20(28)13-34-17-8-6-16(26)7-9-17/h5-9,18-19,21-22H,10-14,26H2,1-4H3,(H,27,28,29)/t18-,19-,21-,22-,24?,25+/m1/s1. The molecule has 3 N–H and O–H groups in total. The molecule has 1 aliphatic carbocycles. The molecule has 0 aromatic heterocycles. The van der Waals surface area contributed by atoms with Crippen molar-refractivity contribution in [2.45, 2.75) is 74.4 Å². The summed E-state index contributed by atoms with van der Waals surface area (Å²) in [7, 11) is 1.62. The van der Waals surface area contributed by atoms with Crippen LogP contribution in [0.4, 0.5) is 10.5 Å². The molecule has 2 aliphatic heterocycles. The molecule has 2 heterocycles. The van der Waals surface area contributed by atoms with E-state index in [1.807, 2.05) is 12.1 Å². The number of imide groups is 1. The lowest BCUT2D eigenvalue weighted by atomic mass is 9.68. The number of allylic oxidation sites excluding steroid dienone is 1. The van der Waals surface area contributed by atoms with Gasteiger partial charge in [-0.3, -0.25) is 10.1 Å². The predicted octanol–water partition coefficient (Wildman–Crippen LogP) is 3.69. The van der Waals surface area contributed by atoms with E-state index in [0.29, 0.717) is 18.7 Å². The van der Waals surface area contributed by atoms with Crippen molar-refractivity contribution >= 4 is 29.4 Å². The van der Waals surface area contributed by atoms with Gasteiger partial charge in [0.15, 0.2) is 0 Å². The molecular formula is C25H34N2O6S. The quantitative estimate of drug-likeness (QED) is 0.245. The third kappa shape index (κ3) is 5.43. The van der Waals surface area contributed by atoms with E-state index in [9.17, 15) is 9.59 Å². The molecule has 1 saturated carbocycles. The average molecular weight is 491 g/mol. The van der Waals surface area contributed by atoms with Crippen LogP contribution in [0.15, 0.2) is 40.8 Å². The summed E-state index contributed by atoms with van der Waals surface area (Å²) >= 11 is 1.32. The number of methoxy groups -OCH3 is 1. The van der Waals surface area contributed by atoms with E-state index in [-0.39, 0.29) is 29.5 Å². The number of ether oxygens (including phenoxy) is 4. The average Bonchev–Trinajstić information content (AvgIpc) is 3.70. The molecule has 3 aliphatic rings. The van der Waals surface area contributed by atoms with Crippen molar-refractivity contribution in [2.24, 2.45) is 5.92 Å². The zero-order valence-corrected chi connectivity index (χ0v) is 21.0. The summed E-state index contributed by atoms with van der Waals surface area (Å²) < 4.78 is 23.7. The molecule has 1 aromatic rings. The molecule has 2 amide bonds. The normalized spacial score (nSPS) is 33.8. The number of rotatable bonds is 8. The number of amides is 2. The van der Waals surface area contributed by atoms with Crippen LogP contribution in [0.2, 0.25) is 0 Å². The SMILES string of the molecule is CO[C@H]1[C@H](C2(C)O[C@@H]2CC=C(C)C)[C@]2(CC[C@H]1OC(=O)NC(=O)CSc1ccc(N)cc1)CO2. The first-order valence-electron chi connectivity index (χ1n) is 11.6. The van der Waals surface area contributed by atoms with Crippen molar-refractivity contribution in [2.75, 3.05) is 25.2 Å². The smallest absolute Gasteiger partial charge is 0.414 e. The number of hydrogen-bond acceptors (Lipinski definition) is 8. The topological polar surface area (TPSA) is 116 Å². The molecule has 9 heteroatoms. The van der Waals surface area contributed by atoms with Gasteiger partial charge < -0.3 is 24.7 Å². The molecule has 0 radical (unpaired) electrons. The van der Waals surface area contributed by atoms with Crippen LogP contribution in [0, 0.1) is 5.92 Å². The van der Waals surface area contributed by atoms with Gasteiger partial charge in [-0.1, -0.05) is 11.6 Å². The Balaban J connectivity index is 1.34. The first kappa shape index (κ1) is 25.0. The van der Waals surface area contributed by atoms with Crippen molar-refractivity contribution < 1.29 is 28.5 Å². The number of thioether (sulfide) groups is 1. The number of epoxide rings is 2. The molecule has 186 valence electrons. The number of hydrogen-bond donors (Lipinski definition) is 2. The van der Waals surface area contributed by atoms with Gasteiger partial charge in [-0.15, -0.1) is 11.8 Å². The van der Waals surface area contributed by atoms with Crippen LogP contribution < -0.4 is 11.1 Å². The largest absolute Gasteiger partial charge is 0.443 e. The summed E-state index contributed by atoms with van der Waals surface area (Å²) in [6.07, 6.45) is 2.80. The van der Waals surface area contributed by atoms with E-state index in [4.69, 9.17) is 24.7 Å². The number of alkyl carbamates (subject to hydrolysis) is 1. The van der Waals surface area contributed by atoms with E-state index >= 15 is 0 Å². The Hall–Kier alpha value is -2.07. The van der Waals surface area contributed by atoms with Crippen molar-refractivity contribution in [3.8, 4) is 0 Å². The monoisotopic (exact) mass is 490 g/mol. The minimum Gasteiger partial charge on any atom is -0.443 e. The third-order valence-corrected chi connectivity index (χ3v) is 8.00. The minimum absolute atomic E-state index is 0.0658. The molecule has 8 nitrogen and oxygen atoms in total. The molecule has 3 fully saturated rings. The zero-order chi connectivity index (χ0) is 24.5. The van der Waals surface area contributed by atoms with Crippen LogP contribution in [-0.2, 0) is 23.7 Å². The fraction of sp³-hybridized carbons (Fsp3) is 0.600. The van der Waals surface area contributed by atoms with E-state index in [2.05, 4.69) is 32.2 Å². The molecule has 6 atom stereocenters. The first-order valence-corrected chi connectivity index (χ1v) is 12.6. The van der Waals surface area contributed by atoms with Gasteiger partial charge in [-0.2, -0.15) is 0 Å². The first-order chi connectivity index (χ1) is 16.2. The summed E-state index contributed by atoms with van der Waals surface area (Å²) in [5.41, 5.74) is 6.88. The van der Waals surface area contributed by atoms with Gasteiger partial charge in [0.1, 0.15) is 23.4 Å². The number of nitrogens with two attached hydrogens (primary N) is 1. The molecular weight excluding hydrogens is 456 g/mol. The fourth-order valence-corrected chi connectivity index (χ4v) is 5.80. The van der Waals surface area contributed by atoms with Gasteiger partial charge >= 0.3 is 6.09 Å². The Morgan fingerprint density at radius 2 is 2.00 bits per heavy atom. The predicted molar refractivity (Wildman–Crippen MR) is 130 cm³/mol. The molecule has 1 spiro atoms. The van der Waals surface area contributed by atoms with Crippen LogP contribution >= 0.6 is 11.8 Å². The lowest BCUT2D eigenvalue weighted by Crippen LogP contribution is -2.56. The molecule has 1 unspecified atom stereocenters. The Morgan fingerprint density at radius 3 is 2.62 bits per heavy atom. The number of carbonyl (C=O) groups is 2. The third-order valence-electron chi connectivity index (χ3n) is 6.99. The summed E-state index contributed by atoms with van der Waals surface area (Å²) in [6, 6.07) is 7.20. The number of nitrogen functional groups attached to an aromatic ring is 1. The van der Waals surface area contributed by atoms with E-state index in [1.165, 1.54) is 17.3 Å². The van der Waals surface area contributed by atoms with Gasteiger partial charge in [0.2, 0.25) is 5.91 Å².